The second-order valence-corrected chi connectivity index (χ2v) is 9.16. The van der Waals surface area contributed by atoms with Crippen LogP contribution in [0.5, 0.6) is 5.75 Å². The minimum absolute atomic E-state index is 0.0904. The zero-order valence-electron chi connectivity index (χ0n) is 17.2. The number of rotatable bonds is 5. The summed E-state index contributed by atoms with van der Waals surface area (Å²) in [4.78, 5) is 2.12. The number of hydrogen-bond acceptors (Lipinski definition) is 4. The number of hydrogen-bond donors (Lipinski definition) is 1. The van der Waals surface area contributed by atoms with Crippen LogP contribution in [0.2, 0.25) is 0 Å². The average Bonchev–Trinajstić information content (AvgIpc) is 2.83. The summed E-state index contributed by atoms with van der Waals surface area (Å²) in [5, 5.41) is 0. The molecule has 0 amide bonds. The Morgan fingerprint density at radius 3 is 2.35 bits per heavy atom. The fourth-order valence-corrected chi connectivity index (χ4v) is 4.96. The van der Waals surface area contributed by atoms with Crippen molar-refractivity contribution in [1.82, 2.24) is 4.72 Å². The molecular weight excluding hydrogens is 449 g/mol. The predicted molar refractivity (Wildman–Crippen MR) is 105 cm³/mol. The first-order chi connectivity index (χ1) is 14.3. The van der Waals surface area contributed by atoms with Gasteiger partial charge in [0.2, 0.25) is 11.8 Å². The van der Waals surface area contributed by atoms with Crippen molar-refractivity contribution in [3.63, 3.8) is 0 Å². The molecule has 1 aromatic carbocycles. The molecule has 2 aliphatic rings. The zero-order valence-corrected chi connectivity index (χ0v) is 18.0. The van der Waals surface area contributed by atoms with E-state index in [1.807, 2.05) is 0 Å². The van der Waals surface area contributed by atoms with Crippen LogP contribution in [0.3, 0.4) is 0 Å². The summed E-state index contributed by atoms with van der Waals surface area (Å²) in [6.45, 7) is 0.961. The lowest BCUT2D eigenvalue weighted by molar-refractivity contribution is -0.138. The van der Waals surface area contributed by atoms with E-state index in [2.05, 4.69) is 4.72 Å². The fraction of sp³-hybridized carbons (Fsp3) is 0.700. The smallest absolute Gasteiger partial charge is 0.420 e. The van der Waals surface area contributed by atoms with Crippen molar-refractivity contribution in [1.29, 1.82) is 0 Å². The Labute approximate surface area is 180 Å². The van der Waals surface area contributed by atoms with Gasteiger partial charge < -0.3 is 9.64 Å². The maximum Gasteiger partial charge on any atom is 0.420 e. The third-order valence-electron chi connectivity index (χ3n) is 5.71. The molecule has 1 atom stereocenters. The molecule has 1 N–H and O–H groups in total. The maximum atomic E-state index is 13.7. The van der Waals surface area contributed by atoms with Crippen molar-refractivity contribution in [2.75, 3.05) is 18.6 Å². The topological polar surface area (TPSA) is 24.5 Å². The van der Waals surface area contributed by atoms with Crippen molar-refractivity contribution in [2.24, 2.45) is 0 Å². The Hall–Kier alpha value is -1.36. The number of fused-ring (bicyclic) bond motifs is 1. The molecule has 0 unspecified atom stereocenters. The lowest BCUT2D eigenvalue weighted by atomic mass is 9.90. The van der Waals surface area contributed by atoms with E-state index in [9.17, 15) is 30.7 Å². The van der Waals surface area contributed by atoms with E-state index < -0.39 is 42.1 Å². The highest BCUT2D eigenvalue weighted by Gasteiger charge is 2.41. The van der Waals surface area contributed by atoms with Crippen LogP contribution in [0.25, 0.3) is 0 Å². The minimum atomic E-state index is -4.67. The van der Waals surface area contributed by atoms with Crippen LogP contribution >= 0.6 is 11.9 Å². The van der Waals surface area contributed by atoms with Gasteiger partial charge in [0, 0.05) is 42.8 Å². The number of nitrogens with zero attached hydrogens (tertiary/aromatic N) is 1. The van der Waals surface area contributed by atoms with Crippen LogP contribution in [0.15, 0.2) is 17.0 Å². The molecule has 3 rings (SSSR count). The Bertz CT molecular complexity index is 772. The highest BCUT2D eigenvalue weighted by Crippen LogP contribution is 2.46. The van der Waals surface area contributed by atoms with E-state index in [-0.39, 0.29) is 50.1 Å². The zero-order chi connectivity index (χ0) is 23.0. The van der Waals surface area contributed by atoms with Crippen molar-refractivity contribution < 1.29 is 35.5 Å². The van der Waals surface area contributed by atoms with Crippen LogP contribution in [-0.4, -0.2) is 37.6 Å². The second-order valence-electron chi connectivity index (χ2n) is 8.28. The SMILES string of the molecule is COc1cc2c(cc1C(F)(F)F)N(C1CCC(F)(F)CC1)C[C@@H](CCC(C)(F)F)NS2. The van der Waals surface area contributed by atoms with Gasteiger partial charge in [0.05, 0.1) is 18.4 Å². The Kier molecular flexibility index (Phi) is 6.96. The number of nitrogens with one attached hydrogen (secondary N) is 1. The lowest BCUT2D eigenvalue weighted by Crippen LogP contribution is -2.46. The van der Waals surface area contributed by atoms with Gasteiger partial charge in [-0.25, -0.2) is 17.6 Å². The second kappa shape index (κ2) is 8.88. The molecule has 0 saturated heterocycles. The molecule has 0 radical (unpaired) electrons. The highest BCUT2D eigenvalue weighted by atomic mass is 32.2. The molecule has 1 fully saturated rings. The predicted octanol–water partition coefficient (Wildman–Crippen LogP) is 6.51. The molecule has 176 valence electrons. The molecule has 1 aliphatic carbocycles. The molecule has 11 heteroatoms. The molecule has 0 bridgehead atoms. The standard InChI is InChI=1S/C20H25F7N2OS/c1-18(21,22)6-3-12-11-29(13-4-7-19(23,24)8-5-13)15-9-14(20(25,26)27)16(30-2)10-17(15)31-28-12/h9-10,12-13,28H,3-8,11H2,1-2H3/t12-/m1/s1. The molecular formula is C20H25F7N2OS. The van der Waals surface area contributed by atoms with Crippen LogP contribution in [0.4, 0.5) is 36.4 Å². The van der Waals surface area contributed by atoms with E-state index in [1.54, 1.807) is 4.90 Å². The fourth-order valence-electron chi connectivity index (χ4n) is 4.03. The average molecular weight is 474 g/mol. The molecule has 31 heavy (non-hydrogen) atoms. The van der Waals surface area contributed by atoms with E-state index in [0.29, 0.717) is 4.90 Å². The molecule has 1 aliphatic heterocycles. The third-order valence-corrected chi connectivity index (χ3v) is 6.71. The van der Waals surface area contributed by atoms with E-state index >= 15 is 0 Å². The summed E-state index contributed by atoms with van der Waals surface area (Å²) in [7, 11) is 1.14. The van der Waals surface area contributed by atoms with Crippen LogP contribution in [-0.2, 0) is 6.18 Å². The first kappa shape index (κ1) is 24.3. The quantitative estimate of drug-likeness (QED) is 0.388. The van der Waals surface area contributed by atoms with Gasteiger partial charge in [0.1, 0.15) is 5.75 Å². The first-order valence-electron chi connectivity index (χ1n) is 10.0. The molecule has 1 saturated carbocycles. The van der Waals surface area contributed by atoms with Gasteiger partial charge in [-0.1, -0.05) is 0 Å². The number of halogens is 7. The summed E-state index contributed by atoms with van der Waals surface area (Å²) in [6, 6.07) is 1.38. The largest absolute Gasteiger partial charge is 0.496 e. The van der Waals surface area contributed by atoms with Gasteiger partial charge in [-0.3, -0.25) is 4.72 Å². The van der Waals surface area contributed by atoms with E-state index in [1.165, 1.54) is 6.07 Å². The highest BCUT2D eigenvalue weighted by molar-refractivity contribution is 7.97. The number of anilines is 1. The monoisotopic (exact) mass is 474 g/mol. The summed E-state index contributed by atoms with van der Waals surface area (Å²) < 4.78 is 103. The summed E-state index contributed by atoms with van der Waals surface area (Å²) >= 11 is 1.05. The van der Waals surface area contributed by atoms with Crippen molar-refractivity contribution in [3.05, 3.63) is 17.7 Å². The molecule has 0 aromatic heterocycles. The van der Waals surface area contributed by atoms with Gasteiger partial charge in [0.15, 0.2) is 0 Å². The molecule has 1 heterocycles. The third kappa shape index (κ3) is 6.12. The molecule has 3 nitrogen and oxygen atoms in total. The summed E-state index contributed by atoms with van der Waals surface area (Å²) in [5.41, 5.74) is -0.703. The number of alkyl halides is 7. The molecule has 1 aromatic rings. The molecule has 0 spiro atoms. The summed E-state index contributed by atoms with van der Waals surface area (Å²) in [6.07, 6.45) is -5.46. The van der Waals surface area contributed by atoms with Crippen molar-refractivity contribution in [2.45, 2.75) is 80.4 Å². The van der Waals surface area contributed by atoms with E-state index in [4.69, 9.17) is 4.74 Å². The Morgan fingerprint density at radius 1 is 1.16 bits per heavy atom. The van der Waals surface area contributed by atoms with Crippen molar-refractivity contribution >= 4 is 17.6 Å². The maximum absolute atomic E-state index is 13.7. The Balaban J connectivity index is 1.97. The van der Waals surface area contributed by atoms with Crippen LogP contribution < -0.4 is 14.4 Å². The summed E-state index contributed by atoms with van der Waals surface area (Å²) in [5.74, 6) is -6.02. The van der Waals surface area contributed by atoms with Gasteiger partial charge >= 0.3 is 6.18 Å². The van der Waals surface area contributed by atoms with E-state index in [0.717, 1.165) is 32.0 Å². The van der Waals surface area contributed by atoms with Crippen molar-refractivity contribution in [3.8, 4) is 5.75 Å². The Morgan fingerprint density at radius 2 is 1.81 bits per heavy atom. The number of methoxy groups -OCH3 is 1. The van der Waals surface area contributed by atoms with Crippen LogP contribution in [0, 0.1) is 0 Å². The van der Waals surface area contributed by atoms with Gasteiger partial charge in [0.25, 0.3) is 0 Å². The van der Waals surface area contributed by atoms with Gasteiger partial charge in [-0.05, 0) is 50.3 Å². The number of benzene rings is 1. The van der Waals surface area contributed by atoms with Crippen LogP contribution in [0.1, 0.15) is 51.0 Å². The lowest BCUT2D eigenvalue weighted by Gasteiger charge is -2.39. The normalized spacial score (nSPS) is 22.7. The van der Waals surface area contributed by atoms with Gasteiger partial charge in [-0.15, -0.1) is 0 Å². The first-order valence-corrected chi connectivity index (χ1v) is 10.8. The number of ether oxygens (including phenoxy) is 1. The minimum Gasteiger partial charge on any atom is -0.496 e. The van der Waals surface area contributed by atoms with Gasteiger partial charge in [-0.2, -0.15) is 13.2 Å².